The largest absolute Gasteiger partial charge is 0.421 e. The molecule has 11 nitrogen and oxygen atoms in total. The Bertz CT molecular complexity index is 2120. The fraction of sp³-hybridized carbons (Fsp3) is 0.441. The highest BCUT2D eigenvalue weighted by Gasteiger charge is 2.49. The van der Waals surface area contributed by atoms with Gasteiger partial charge in [0.25, 0.3) is 0 Å². The van der Waals surface area contributed by atoms with Gasteiger partial charge in [-0.15, -0.1) is 21.5 Å². The van der Waals surface area contributed by atoms with Gasteiger partial charge in [0.2, 0.25) is 21.8 Å². The quantitative estimate of drug-likeness (QED) is 0.207. The van der Waals surface area contributed by atoms with Crippen LogP contribution in [-0.4, -0.2) is 57.6 Å². The topological polar surface area (TPSA) is 136 Å². The van der Waals surface area contributed by atoms with E-state index in [4.69, 9.17) is 19.1 Å². The molecule has 8 heterocycles. The van der Waals surface area contributed by atoms with Gasteiger partial charge in [-0.25, -0.2) is 13.4 Å². The summed E-state index contributed by atoms with van der Waals surface area (Å²) in [5.41, 5.74) is 5.05. The van der Waals surface area contributed by atoms with E-state index >= 15 is 0 Å². The number of aryl methyl sites for hydroxylation is 3. The van der Waals surface area contributed by atoms with Gasteiger partial charge < -0.3 is 14.5 Å². The van der Waals surface area contributed by atoms with Crippen LogP contribution in [0.1, 0.15) is 79.1 Å². The Kier molecular flexibility index (Phi) is 7.14. The molecule has 2 fully saturated rings. The van der Waals surface area contributed by atoms with Crippen LogP contribution in [0.4, 0.5) is 5.82 Å². The third kappa shape index (κ3) is 4.89. The summed E-state index contributed by atoms with van der Waals surface area (Å²) < 4.78 is 43.1. The van der Waals surface area contributed by atoms with Crippen LogP contribution in [-0.2, 0) is 27.6 Å². The van der Waals surface area contributed by atoms with E-state index in [1.165, 1.54) is 5.56 Å². The highest BCUT2D eigenvalue weighted by atomic mass is 32.2. The van der Waals surface area contributed by atoms with E-state index in [-0.39, 0.29) is 17.0 Å². The lowest BCUT2D eigenvalue weighted by atomic mass is 9.91. The monoisotopic (exact) mass is 669 g/mol. The second kappa shape index (κ2) is 11.4. The van der Waals surface area contributed by atoms with Crippen molar-refractivity contribution in [2.45, 2.75) is 75.3 Å². The molecular weight excluding hydrogens is 635 g/mol. The van der Waals surface area contributed by atoms with Crippen LogP contribution in [0.25, 0.3) is 32.0 Å². The van der Waals surface area contributed by atoms with Crippen LogP contribution in [0.5, 0.6) is 0 Å². The Morgan fingerprint density at radius 1 is 1.06 bits per heavy atom. The molecule has 9 rings (SSSR count). The highest BCUT2D eigenvalue weighted by Crippen LogP contribution is 2.53. The molecule has 47 heavy (non-hydrogen) atoms. The van der Waals surface area contributed by atoms with Crippen molar-refractivity contribution >= 4 is 37.3 Å². The van der Waals surface area contributed by atoms with Crippen LogP contribution in [0.3, 0.4) is 0 Å². The molecule has 0 radical (unpaired) electrons. The van der Waals surface area contributed by atoms with Gasteiger partial charge in [0.15, 0.2) is 0 Å². The number of hydrogen-bond acceptors (Lipinski definition) is 11. The second-order valence-corrected chi connectivity index (χ2v) is 15.9. The molecule has 5 aromatic heterocycles. The molecule has 242 valence electrons. The number of sulfonamides is 1. The Hall–Kier alpha value is -3.78. The van der Waals surface area contributed by atoms with Crippen LogP contribution >= 0.6 is 11.3 Å². The van der Waals surface area contributed by atoms with E-state index in [1.807, 2.05) is 24.5 Å². The molecule has 0 saturated carbocycles. The number of aromatic nitrogens is 5. The fourth-order valence-electron chi connectivity index (χ4n) is 7.88. The average Bonchev–Trinajstić information content (AvgIpc) is 3.92. The summed E-state index contributed by atoms with van der Waals surface area (Å²) in [6.07, 6.45) is 10.7. The van der Waals surface area contributed by atoms with E-state index in [1.54, 1.807) is 22.6 Å². The van der Waals surface area contributed by atoms with Crippen molar-refractivity contribution in [2.24, 2.45) is 5.92 Å². The smallest absolute Gasteiger partial charge is 0.250 e. The number of hydrogen-bond donors (Lipinski definition) is 1. The number of pyridine rings is 3. The molecule has 0 spiro atoms. The van der Waals surface area contributed by atoms with E-state index < -0.39 is 10.0 Å². The minimum Gasteiger partial charge on any atom is -0.421 e. The predicted molar refractivity (Wildman–Crippen MR) is 178 cm³/mol. The summed E-state index contributed by atoms with van der Waals surface area (Å²) in [6.45, 7) is 3.80. The fourth-order valence-corrected chi connectivity index (χ4v) is 11.2. The first-order chi connectivity index (χ1) is 23.0. The molecule has 3 aliphatic heterocycles. The Morgan fingerprint density at radius 2 is 1.96 bits per heavy atom. The highest BCUT2D eigenvalue weighted by molar-refractivity contribution is 7.89. The normalized spacial score (nSPS) is 22.1. The number of fused-ring (bicyclic) bond motifs is 5. The van der Waals surface area contributed by atoms with Crippen LogP contribution in [0.2, 0.25) is 0 Å². The Balaban J connectivity index is 1.23. The van der Waals surface area contributed by atoms with Crippen molar-refractivity contribution < 1.29 is 17.6 Å². The number of ether oxygens (including phenoxy) is 1. The van der Waals surface area contributed by atoms with Crippen LogP contribution in [0, 0.1) is 12.8 Å². The van der Waals surface area contributed by atoms with Crippen molar-refractivity contribution in [1.29, 1.82) is 0 Å². The maximum absolute atomic E-state index is 14.4. The van der Waals surface area contributed by atoms with Crippen molar-refractivity contribution in [1.82, 2.24) is 29.5 Å². The number of thiophene rings is 1. The zero-order chi connectivity index (χ0) is 31.7. The van der Waals surface area contributed by atoms with Crippen molar-refractivity contribution in [3.63, 3.8) is 0 Å². The summed E-state index contributed by atoms with van der Waals surface area (Å²) in [5, 5.41) is 13.3. The number of anilines is 1. The third-order valence-corrected chi connectivity index (χ3v) is 13.3. The van der Waals surface area contributed by atoms with Gasteiger partial charge in [-0.3, -0.25) is 9.97 Å². The maximum Gasteiger partial charge on any atom is 0.250 e. The lowest BCUT2D eigenvalue weighted by Crippen LogP contribution is -2.23. The van der Waals surface area contributed by atoms with E-state index in [9.17, 15) is 8.42 Å². The molecule has 0 aromatic carbocycles. The van der Waals surface area contributed by atoms with E-state index in [0.29, 0.717) is 47.5 Å². The SMILES string of the molecule is Cc1nnc(-c2c(CCC3CCOCC3)nc3c(c2-c2cc4ccnc(N[C@@H]5CCc6ncccc65)c4s2)S(=O)(=O)N2CCC[C@H]32)o1. The van der Waals surface area contributed by atoms with Gasteiger partial charge in [-0.05, 0) is 86.4 Å². The van der Waals surface area contributed by atoms with Gasteiger partial charge in [-0.2, -0.15) is 4.31 Å². The number of nitrogens with one attached hydrogen (secondary N) is 1. The molecule has 1 aliphatic carbocycles. The molecule has 1 N–H and O–H groups in total. The number of nitrogens with zero attached hydrogens (tertiary/aromatic N) is 6. The molecule has 13 heteroatoms. The summed E-state index contributed by atoms with van der Waals surface area (Å²) in [7, 11) is -3.80. The summed E-state index contributed by atoms with van der Waals surface area (Å²) in [6, 6.07) is 8.03. The lowest BCUT2D eigenvalue weighted by Gasteiger charge is -2.22. The van der Waals surface area contributed by atoms with E-state index in [2.05, 4.69) is 32.6 Å². The molecule has 0 unspecified atom stereocenters. The summed E-state index contributed by atoms with van der Waals surface area (Å²) in [5.74, 6) is 2.03. The van der Waals surface area contributed by atoms with Crippen molar-refractivity contribution in [3.05, 3.63) is 65.2 Å². The zero-order valence-corrected chi connectivity index (χ0v) is 27.7. The minimum absolute atomic E-state index is 0.105. The summed E-state index contributed by atoms with van der Waals surface area (Å²) in [4.78, 5) is 15.7. The first-order valence-electron chi connectivity index (χ1n) is 16.5. The van der Waals surface area contributed by atoms with Crippen LogP contribution < -0.4 is 5.32 Å². The summed E-state index contributed by atoms with van der Waals surface area (Å²) >= 11 is 1.55. The van der Waals surface area contributed by atoms with Gasteiger partial charge in [0, 0.05) is 55.2 Å². The van der Waals surface area contributed by atoms with Crippen molar-refractivity contribution in [2.75, 3.05) is 25.1 Å². The lowest BCUT2D eigenvalue weighted by molar-refractivity contribution is 0.0639. The van der Waals surface area contributed by atoms with Gasteiger partial charge in [0.05, 0.1) is 33.7 Å². The molecule has 5 aromatic rings. The minimum atomic E-state index is -3.80. The van der Waals surface area contributed by atoms with Gasteiger partial charge in [0.1, 0.15) is 10.7 Å². The molecule has 0 amide bonds. The third-order valence-electron chi connectivity index (χ3n) is 10.2. The standard InChI is InChI=1S/C34H35N7O4S2/c1-19-39-40-34(45-19)28-25(7-6-20-11-16-44-17-12-20)37-30-26-5-3-15-41(26)47(42,43)32(30)29(28)27-18-21-10-14-36-33(31(21)46-27)38-24-9-8-23-22(24)4-2-13-35-23/h2,4,10,13-14,18,20,24,26H,3,5-9,11-12,15-17H2,1H3,(H,36,38)/t24-,26-/m1/s1. The predicted octanol–water partition coefficient (Wildman–Crippen LogP) is 6.41. The Morgan fingerprint density at radius 3 is 2.81 bits per heavy atom. The molecule has 0 bridgehead atoms. The average molecular weight is 670 g/mol. The molecule has 4 aliphatic rings. The van der Waals surface area contributed by atoms with Crippen LogP contribution in [0.15, 0.2) is 46.0 Å². The Labute approximate surface area is 276 Å². The van der Waals surface area contributed by atoms with Gasteiger partial charge in [-0.1, -0.05) is 6.07 Å². The molecule has 2 atom stereocenters. The van der Waals surface area contributed by atoms with Gasteiger partial charge >= 0.3 is 0 Å². The second-order valence-electron chi connectivity index (χ2n) is 13.0. The first-order valence-corrected chi connectivity index (χ1v) is 18.8. The first kappa shape index (κ1) is 29.4. The molecular formula is C34H35N7O4S2. The maximum atomic E-state index is 14.4. The zero-order valence-electron chi connectivity index (χ0n) is 26.1. The number of rotatable bonds is 7. The van der Waals surface area contributed by atoms with E-state index in [0.717, 1.165) is 90.3 Å². The molecule has 2 saturated heterocycles. The van der Waals surface area contributed by atoms with Crippen molar-refractivity contribution in [3.8, 4) is 21.9 Å².